The zero-order chi connectivity index (χ0) is 13.3. The molecule has 0 aromatic carbocycles. The Balaban J connectivity index is 3.61. The van der Waals surface area contributed by atoms with E-state index in [1.165, 1.54) is 0 Å². The van der Waals surface area contributed by atoms with Gasteiger partial charge in [0.05, 0.1) is 0 Å². The minimum absolute atomic E-state index is 0.0110. The number of Topliss-reactive ketones (excluding diaryl/α,β-unsaturated/α-hetero) is 1. The monoisotopic (exact) mass is 245 g/mol. The van der Waals surface area contributed by atoms with E-state index in [4.69, 9.17) is 10.2 Å². The molecule has 0 aliphatic heterocycles. The molecule has 0 radical (unpaired) electrons. The van der Waals surface area contributed by atoms with Crippen LogP contribution in [0.4, 0.5) is 0 Å². The number of hydrogen-bond acceptors (Lipinski definition) is 4. The summed E-state index contributed by atoms with van der Waals surface area (Å²) in [7, 11) is 0. The normalized spacial score (nSPS) is 10.9. The van der Waals surface area contributed by atoms with Crippen molar-refractivity contribution in [3.63, 3.8) is 0 Å². The maximum absolute atomic E-state index is 11.4. The molecule has 0 saturated carbocycles. The lowest BCUT2D eigenvalue weighted by Crippen LogP contribution is -2.29. The number of aliphatic hydroxyl groups excluding tert-OH is 2. The SMILES string of the molecule is CC(C)C(=O)NCCCC(=O)CC(CO)CO. The molecular weight excluding hydrogens is 222 g/mol. The first-order valence-electron chi connectivity index (χ1n) is 6.02. The van der Waals surface area contributed by atoms with Crippen molar-refractivity contribution in [2.45, 2.75) is 33.1 Å². The molecule has 0 bridgehead atoms. The van der Waals surface area contributed by atoms with Gasteiger partial charge in [-0.25, -0.2) is 0 Å². The Kier molecular flexibility index (Phi) is 8.62. The summed E-state index contributed by atoms with van der Waals surface area (Å²) in [5.74, 6) is -0.399. The summed E-state index contributed by atoms with van der Waals surface area (Å²) in [6.07, 6.45) is 1.17. The Bertz CT molecular complexity index is 237. The van der Waals surface area contributed by atoms with Crippen LogP contribution in [0.3, 0.4) is 0 Å². The molecule has 3 N–H and O–H groups in total. The number of ketones is 1. The fourth-order valence-corrected chi connectivity index (χ4v) is 1.31. The maximum atomic E-state index is 11.4. The van der Waals surface area contributed by atoms with Gasteiger partial charge in [-0.3, -0.25) is 9.59 Å². The Labute approximate surface area is 102 Å². The molecule has 0 atom stereocenters. The van der Waals surface area contributed by atoms with Crippen molar-refractivity contribution in [1.29, 1.82) is 0 Å². The average Bonchev–Trinajstić information content (AvgIpc) is 2.31. The average molecular weight is 245 g/mol. The van der Waals surface area contributed by atoms with Crippen molar-refractivity contribution in [2.24, 2.45) is 11.8 Å². The summed E-state index contributed by atoms with van der Waals surface area (Å²) in [6, 6.07) is 0. The van der Waals surface area contributed by atoms with E-state index in [1.54, 1.807) is 0 Å². The van der Waals surface area contributed by atoms with E-state index in [-0.39, 0.29) is 43.2 Å². The van der Waals surface area contributed by atoms with Crippen LogP contribution in [0.25, 0.3) is 0 Å². The van der Waals surface area contributed by atoms with Gasteiger partial charge >= 0.3 is 0 Å². The Morgan fingerprint density at radius 3 is 2.24 bits per heavy atom. The molecule has 1 amide bonds. The Morgan fingerprint density at radius 1 is 1.18 bits per heavy atom. The van der Waals surface area contributed by atoms with Gasteiger partial charge in [-0.15, -0.1) is 0 Å². The zero-order valence-corrected chi connectivity index (χ0v) is 10.6. The molecule has 0 aliphatic carbocycles. The van der Waals surface area contributed by atoms with Gasteiger partial charge in [0.1, 0.15) is 5.78 Å². The highest BCUT2D eigenvalue weighted by molar-refractivity contribution is 5.79. The number of carbonyl (C=O) groups is 2. The first kappa shape index (κ1) is 16.1. The lowest BCUT2D eigenvalue weighted by atomic mass is 10.0. The molecule has 17 heavy (non-hydrogen) atoms. The highest BCUT2D eigenvalue weighted by Crippen LogP contribution is 2.05. The molecule has 0 aromatic rings. The first-order chi connectivity index (χ1) is 8.01. The molecule has 0 aromatic heterocycles. The molecule has 100 valence electrons. The van der Waals surface area contributed by atoms with Gasteiger partial charge in [0.2, 0.25) is 5.91 Å². The second kappa shape index (κ2) is 9.13. The van der Waals surface area contributed by atoms with E-state index in [2.05, 4.69) is 5.32 Å². The van der Waals surface area contributed by atoms with E-state index in [9.17, 15) is 9.59 Å². The number of aliphatic hydroxyl groups is 2. The minimum atomic E-state index is -0.354. The third kappa shape index (κ3) is 7.88. The highest BCUT2D eigenvalue weighted by Gasteiger charge is 2.12. The van der Waals surface area contributed by atoms with Crippen molar-refractivity contribution in [2.75, 3.05) is 19.8 Å². The van der Waals surface area contributed by atoms with E-state index >= 15 is 0 Å². The maximum Gasteiger partial charge on any atom is 0.222 e. The van der Waals surface area contributed by atoms with Crippen LogP contribution < -0.4 is 5.32 Å². The van der Waals surface area contributed by atoms with Gasteiger partial charge < -0.3 is 15.5 Å². The first-order valence-corrected chi connectivity index (χ1v) is 6.02. The second-order valence-electron chi connectivity index (χ2n) is 4.52. The topological polar surface area (TPSA) is 86.6 Å². The fraction of sp³-hybridized carbons (Fsp3) is 0.833. The summed E-state index contributed by atoms with van der Waals surface area (Å²) >= 11 is 0. The molecule has 0 rings (SSSR count). The molecular formula is C12H23NO4. The van der Waals surface area contributed by atoms with E-state index in [1.807, 2.05) is 13.8 Å². The number of carbonyl (C=O) groups excluding carboxylic acids is 2. The molecule has 0 saturated heterocycles. The van der Waals surface area contributed by atoms with Crippen LogP contribution in [0.15, 0.2) is 0 Å². The quantitative estimate of drug-likeness (QED) is 0.503. The van der Waals surface area contributed by atoms with Gasteiger partial charge in [-0.05, 0) is 6.42 Å². The van der Waals surface area contributed by atoms with Crippen molar-refractivity contribution >= 4 is 11.7 Å². The smallest absolute Gasteiger partial charge is 0.222 e. The highest BCUT2D eigenvalue weighted by atomic mass is 16.3. The standard InChI is InChI=1S/C12H23NO4/c1-9(2)12(17)13-5-3-4-11(16)6-10(7-14)8-15/h9-10,14-15H,3-8H2,1-2H3,(H,13,17). The van der Waals surface area contributed by atoms with Crippen LogP contribution in [-0.4, -0.2) is 41.7 Å². The third-order valence-corrected chi connectivity index (χ3v) is 2.49. The van der Waals surface area contributed by atoms with Gasteiger partial charge in [0, 0.05) is 44.4 Å². The van der Waals surface area contributed by atoms with Crippen molar-refractivity contribution in [3.05, 3.63) is 0 Å². The van der Waals surface area contributed by atoms with Crippen LogP contribution in [0, 0.1) is 11.8 Å². The molecule has 5 nitrogen and oxygen atoms in total. The molecule has 0 fully saturated rings. The summed E-state index contributed by atoms with van der Waals surface area (Å²) in [5.41, 5.74) is 0. The van der Waals surface area contributed by atoms with Crippen molar-refractivity contribution in [3.8, 4) is 0 Å². The van der Waals surface area contributed by atoms with Crippen LogP contribution in [0.1, 0.15) is 33.1 Å². The number of hydrogen-bond donors (Lipinski definition) is 3. The lowest BCUT2D eigenvalue weighted by Gasteiger charge is -2.10. The number of rotatable bonds is 9. The van der Waals surface area contributed by atoms with Gasteiger partial charge in [-0.2, -0.15) is 0 Å². The summed E-state index contributed by atoms with van der Waals surface area (Å²) in [4.78, 5) is 22.6. The van der Waals surface area contributed by atoms with E-state index in [0.29, 0.717) is 19.4 Å². The predicted molar refractivity (Wildman–Crippen MR) is 64.4 cm³/mol. The summed E-state index contributed by atoms with van der Waals surface area (Å²) in [5, 5.41) is 20.4. The largest absolute Gasteiger partial charge is 0.396 e. The van der Waals surface area contributed by atoms with E-state index < -0.39 is 0 Å². The Morgan fingerprint density at radius 2 is 1.76 bits per heavy atom. The predicted octanol–water partition coefficient (Wildman–Crippen LogP) is 0.0988. The lowest BCUT2D eigenvalue weighted by molar-refractivity contribution is -0.124. The van der Waals surface area contributed by atoms with E-state index in [0.717, 1.165) is 0 Å². The Hall–Kier alpha value is -0.940. The van der Waals surface area contributed by atoms with Gasteiger partial charge in [0.25, 0.3) is 0 Å². The van der Waals surface area contributed by atoms with Crippen LogP contribution in [0.5, 0.6) is 0 Å². The number of amides is 1. The van der Waals surface area contributed by atoms with Crippen LogP contribution in [-0.2, 0) is 9.59 Å². The van der Waals surface area contributed by atoms with Gasteiger partial charge in [-0.1, -0.05) is 13.8 Å². The minimum Gasteiger partial charge on any atom is -0.396 e. The molecule has 0 unspecified atom stereocenters. The van der Waals surface area contributed by atoms with Crippen LogP contribution in [0.2, 0.25) is 0 Å². The van der Waals surface area contributed by atoms with Crippen molar-refractivity contribution in [1.82, 2.24) is 5.32 Å². The molecule has 0 heterocycles. The molecule has 0 aliphatic rings. The summed E-state index contributed by atoms with van der Waals surface area (Å²) in [6.45, 7) is 3.77. The van der Waals surface area contributed by atoms with Gasteiger partial charge in [0.15, 0.2) is 0 Å². The van der Waals surface area contributed by atoms with Crippen molar-refractivity contribution < 1.29 is 19.8 Å². The van der Waals surface area contributed by atoms with Crippen LogP contribution >= 0.6 is 0 Å². The summed E-state index contributed by atoms with van der Waals surface area (Å²) < 4.78 is 0. The second-order valence-corrected chi connectivity index (χ2v) is 4.52. The number of nitrogens with one attached hydrogen (secondary N) is 1. The fourth-order valence-electron chi connectivity index (χ4n) is 1.31. The molecule has 0 spiro atoms. The molecule has 5 heteroatoms. The zero-order valence-electron chi connectivity index (χ0n) is 10.6. The third-order valence-electron chi connectivity index (χ3n) is 2.49.